The molecule has 242 valence electrons. The molecule has 9 nitrogen and oxygen atoms in total. The minimum Gasteiger partial charge on any atom is -0.489 e. The summed E-state index contributed by atoms with van der Waals surface area (Å²) in [5.41, 5.74) is 7.81. The van der Waals surface area contributed by atoms with Gasteiger partial charge in [-0.3, -0.25) is 5.32 Å². The van der Waals surface area contributed by atoms with Crippen LogP contribution in [-0.2, 0) is 11.4 Å². The van der Waals surface area contributed by atoms with E-state index in [1.165, 1.54) is 6.07 Å². The summed E-state index contributed by atoms with van der Waals surface area (Å²) in [6.07, 6.45) is 4.09. The molecule has 0 bridgehead atoms. The maximum absolute atomic E-state index is 15.9. The molecule has 3 N–H and O–H groups in total. The molecule has 2 aliphatic rings. The lowest BCUT2D eigenvalue weighted by Gasteiger charge is -2.25. The predicted octanol–water partition coefficient (Wildman–Crippen LogP) is 8.61. The fourth-order valence-corrected chi connectivity index (χ4v) is 6.45. The van der Waals surface area contributed by atoms with E-state index in [-0.39, 0.29) is 30.6 Å². The Kier molecular flexibility index (Phi) is 9.35. The van der Waals surface area contributed by atoms with Gasteiger partial charge in [0.2, 0.25) is 0 Å². The second-order valence-electron chi connectivity index (χ2n) is 11.5. The molecule has 0 spiro atoms. The number of amides is 1. The van der Waals surface area contributed by atoms with Crippen molar-refractivity contribution in [3.63, 3.8) is 0 Å². The van der Waals surface area contributed by atoms with Gasteiger partial charge < -0.3 is 19.2 Å². The monoisotopic (exact) mass is 676 g/mol. The van der Waals surface area contributed by atoms with Crippen molar-refractivity contribution in [2.75, 3.05) is 0 Å². The number of carboxylic acid groups (broad SMARTS) is 1. The Morgan fingerprint density at radius 3 is 2.47 bits per heavy atom. The van der Waals surface area contributed by atoms with Crippen molar-refractivity contribution in [3.8, 4) is 28.3 Å². The molecule has 1 atom stereocenters. The maximum atomic E-state index is 15.9. The van der Waals surface area contributed by atoms with E-state index in [0.717, 1.165) is 59.9 Å². The first kappa shape index (κ1) is 32.3. The first-order valence-corrected chi connectivity index (χ1v) is 15.5. The Labute approximate surface area is 281 Å². The minimum atomic E-state index is -1.04. The van der Waals surface area contributed by atoms with Crippen LogP contribution in [0.4, 0.5) is 9.18 Å². The van der Waals surface area contributed by atoms with Gasteiger partial charge in [-0.15, -0.1) is 17.9 Å². The van der Waals surface area contributed by atoms with E-state index in [1.807, 2.05) is 30.3 Å². The van der Waals surface area contributed by atoms with Crippen LogP contribution in [0.15, 0.2) is 78.9 Å². The summed E-state index contributed by atoms with van der Waals surface area (Å²) < 4.78 is 24.1. The minimum absolute atomic E-state index is 0. The molecule has 2 fully saturated rings. The third kappa shape index (κ3) is 6.62. The SMILES string of the molecule is Cl.O=C1NC(c2ccc(-c3ccc(Cl)cc3)c(COc3ccc(-c4nc5cc(C(=O)O)ccc5n4C4CCCCC4)c(F)c3)c2)NO1. The fourth-order valence-electron chi connectivity index (χ4n) is 6.32. The number of carbonyl (C=O) groups is 2. The second-order valence-corrected chi connectivity index (χ2v) is 12.0. The van der Waals surface area contributed by atoms with Gasteiger partial charge in [0.1, 0.15) is 30.2 Å². The van der Waals surface area contributed by atoms with Gasteiger partial charge in [-0.2, -0.15) is 0 Å². The lowest BCUT2D eigenvalue weighted by molar-refractivity contribution is 0.0697. The summed E-state index contributed by atoms with van der Waals surface area (Å²) in [5.74, 6) is -0.729. The first-order valence-electron chi connectivity index (χ1n) is 15.1. The molecule has 1 aliphatic carbocycles. The van der Waals surface area contributed by atoms with Gasteiger partial charge in [0.15, 0.2) is 0 Å². The highest BCUT2D eigenvalue weighted by atomic mass is 35.5. The molecular weight excluding hydrogens is 646 g/mol. The topological polar surface area (TPSA) is 115 Å². The van der Waals surface area contributed by atoms with Crippen molar-refractivity contribution in [2.24, 2.45) is 0 Å². The molecule has 1 aromatic heterocycles. The molecule has 0 radical (unpaired) electrons. The number of carbonyl (C=O) groups excluding carboxylic acids is 1. The lowest BCUT2D eigenvalue weighted by Crippen LogP contribution is -2.22. The summed E-state index contributed by atoms with van der Waals surface area (Å²) in [7, 11) is 0. The number of ether oxygens (including phenoxy) is 1. The number of hydrogen-bond acceptors (Lipinski definition) is 6. The number of aromatic carboxylic acids is 1. The van der Waals surface area contributed by atoms with Gasteiger partial charge >= 0.3 is 12.1 Å². The second kappa shape index (κ2) is 13.6. The highest BCUT2D eigenvalue weighted by Crippen LogP contribution is 2.38. The number of imidazole rings is 1. The van der Waals surface area contributed by atoms with Crippen molar-refractivity contribution in [1.82, 2.24) is 20.3 Å². The third-order valence-electron chi connectivity index (χ3n) is 8.60. The van der Waals surface area contributed by atoms with Crippen molar-refractivity contribution in [3.05, 3.63) is 106 Å². The molecule has 47 heavy (non-hydrogen) atoms. The lowest BCUT2D eigenvalue weighted by atomic mass is 9.94. The Morgan fingerprint density at radius 1 is 1.00 bits per heavy atom. The number of aromatic nitrogens is 2. The highest BCUT2D eigenvalue weighted by Gasteiger charge is 2.26. The molecule has 1 aliphatic heterocycles. The van der Waals surface area contributed by atoms with Crippen LogP contribution in [0.25, 0.3) is 33.5 Å². The van der Waals surface area contributed by atoms with Crippen LogP contribution in [0.3, 0.4) is 0 Å². The Balaban J connectivity index is 0.00000386. The molecule has 5 aromatic rings. The molecule has 7 rings (SSSR count). The van der Waals surface area contributed by atoms with E-state index < -0.39 is 24.0 Å². The quantitative estimate of drug-likeness (QED) is 0.151. The normalized spacial score (nSPS) is 16.4. The zero-order valence-corrected chi connectivity index (χ0v) is 26.6. The van der Waals surface area contributed by atoms with E-state index in [9.17, 15) is 14.7 Å². The average Bonchev–Trinajstić information content (AvgIpc) is 3.67. The molecule has 1 unspecified atom stereocenters. The molecule has 1 saturated carbocycles. The van der Waals surface area contributed by atoms with Crippen LogP contribution in [0.1, 0.15) is 65.8 Å². The summed E-state index contributed by atoms with van der Waals surface area (Å²) in [5, 5.41) is 12.8. The standard InChI is InChI=1S/C35H30ClFN4O5.ClH/c36-24-10-6-20(7-11-24)27-13-8-21(32-39-35(44)46-40-32)16-23(27)19-45-26-12-14-28(29(37)18-26)33-38-30-17-22(34(42)43)9-15-31(30)41(33)25-4-2-1-3-5-25;/h6-18,25,32,40H,1-5,19H2,(H,39,44)(H,42,43);1H. The molecule has 1 amide bonds. The zero-order valence-electron chi connectivity index (χ0n) is 25.0. The largest absolute Gasteiger partial charge is 0.489 e. The number of nitrogens with one attached hydrogen (secondary N) is 2. The molecule has 12 heteroatoms. The molecular formula is C35H31Cl2FN4O5. The van der Waals surface area contributed by atoms with E-state index >= 15 is 4.39 Å². The Hall–Kier alpha value is -4.64. The first-order chi connectivity index (χ1) is 22.3. The molecule has 1 saturated heterocycles. The number of carboxylic acids is 1. The number of benzene rings is 4. The van der Waals surface area contributed by atoms with Crippen LogP contribution in [0.5, 0.6) is 5.75 Å². The van der Waals surface area contributed by atoms with Gasteiger partial charge in [-0.05, 0) is 83.6 Å². The van der Waals surface area contributed by atoms with Crippen LogP contribution in [0.2, 0.25) is 5.02 Å². The number of hydrogen-bond donors (Lipinski definition) is 3. The Bertz CT molecular complexity index is 1960. The van der Waals surface area contributed by atoms with Gasteiger partial charge in [0, 0.05) is 17.1 Å². The van der Waals surface area contributed by atoms with Gasteiger partial charge in [0.05, 0.1) is 22.2 Å². The number of hydroxylamine groups is 1. The van der Waals surface area contributed by atoms with E-state index in [0.29, 0.717) is 27.7 Å². The molecule has 4 aromatic carbocycles. The van der Waals surface area contributed by atoms with Crippen molar-refractivity contribution in [1.29, 1.82) is 0 Å². The smallest absolute Gasteiger partial charge is 0.427 e. The highest BCUT2D eigenvalue weighted by molar-refractivity contribution is 6.30. The van der Waals surface area contributed by atoms with Crippen LogP contribution in [0, 0.1) is 5.82 Å². The number of fused-ring (bicyclic) bond motifs is 1. The van der Waals surface area contributed by atoms with E-state index in [4.69, 9.17) is 26.2 Å². The predicted molar refractivity (Wildman–Crippen MR) is 178 cm³/mol. The summed E-state index contributed by atoms with van der Waals surface area (Å²) in [6.45, 7) is 0.116. The van der Waals surface area contributed by atoms with Crippen LogP contribution in [-0.4, -0.2) is 26.7 Å². The number of nitrogens with zero attached hydrogens (tertiary/aromatic N) is 2. The summed E-state index contributed by atoms with van der Waals surface area (Å²) >= 11 is 6.12. The number of halogens is 3. The molecule has 2 heterocycles. The zero-order chi connectivity index (χ0) is 31.8. The summed E-state index contributed by atoms with van der Waals surface area (Å²) in [4.78, 5) is 32.8. The van der Waals surface area contributed by atoms with Gasteiger partial charge in [0.25, 0.3) is 0 Å². The van der Waals surface area contributed by atoms with Crippen molar-refractivity contribution in [2.45, 2.75) is 50.9 Å². The van der Waals surface area contributed by atoms with Gasteiger partial charge in [-0.1, -0.05) is 55.1 Å². The number of rotatable bonds is 8. The van der Waals surface area contributed by atoms with E-state index in [1.54, 1.807) is 42.5 Å². The maximum Gasteiger partial charge on any atom is 0.427 e. The Morgan fingerprint density at radius 2 is 1.77 bits per heavy atom. The summed E-state index contributed by atoms with van der Waals surface area (Å²) in [6, 6.07) is 22.9. The van der Waals surface area contributed by atoms with Crippen LogP contribution < -0.4 is 15.5 Å². The third-order valence-corrected chi connectivity index (χ3v) is 8.85. The van der Waals surface area contributed by atoms with Crippen molar-refractivity contribution < 1.29 is 28.7 Å². The van der Waals surface area contributed by atoms with Gasteiger partial charge in [-0.25, -0.2) is 19.0 Å². The fraction of sp³-hybridized carbons (Fsp3) is 0.229. The average molecular weight is 678 g/mol. The van der Waals surface area contributed by atoms with Crippen molar-refractivity contribution >= 4 is 47.1 Å². The van der Waals surface area contributed by atoms with Crippen LogP contribution >= 0.6 is 24.0 Å². The van der Waals surface area contributed by atoms with E-state index in [2.05, 4.69) is 15.4 Å².